The van der Waals surface area contributed by atoms with Crippen LogP contribution in [0, 0.1) is 11.3 Å². The molecule has 1 nitrogen and oxygen atoms in total. The van der Waals surface area contributed by atoms with Crippen LogP contribution in [0.25, 0.3) is 0 Å². The smallest absolute Gasteiger partial charge is 0.192 e. The van der Waals surface area contributed by atoms with E-state index in [1.165, 1.54) is 6.26 Å². The Labute approximate surface area is 93.0 Å². The fraction of sp³-hybridized carbons (Fsp3) is 0.125. The Morgan fingerprint density at radius 3 is 2.12 bits per heavy atom. The van der Waals surface area contributed by atoms with Gasteiger partial charge in [0.25, 0.3) is 0 Å². The monoisotopic (exact) mass is 275 g/mol. The molecule has 0 spiro atoms. The van der Waals surface area contributed by atoms with E-state index in [0.717, 1.165) is 17.8 Å². The number of benzene rings is 1. The van der Waals surface area contributed by atoms with Crippen LogP contribution in [0.5, 0.6) is 0 Å². The summed E-state index contributed by atoms with van der Waals surface area (Å²) in [7, 11) is -9.64. The SMILES string of the molecule is CSc1cc(S(F)(F)(F)(F)F)ccc1C#N. The Morgan fingerprint density at radius 1 is 1.19 bits per heavy atom. The van der Waals surface area contributed by atoms with Crippen molar-refractivity contribution in [3.8, 4) is 6.07 Å². The number of halogens is 5. The fourth-order valence-corrected chi connectivity index (χ4v) is 2.32. The van der Waals surface area contributed by atoms with E-state index in [2.05, 4.69) is 0 Å². The first-order valence-electron chi connectivity index (χ1n) is 3.80. The molecule has 1 rings (SSSR count). The van der Waals surface area contributed by atoms with Crippen LogP contribution < -0.4 is 0 Å². The van der Waals surface area contributed by atoms with Crippen LogP contribution in [0.15, 0.2) is 28.0 Å². The standard InChI is InChI=1S/C8H6F5NS2/c1-15-8-4-7(3-2-6(8)5-14)16(9,10,11,12)13/h2-4H,1H3. The maximum atomic E-state index is 12.4. The lowest BCUT2D eigenvalue weighted by Crippen LogP contribution is -2.06. The van der Waals surface area contributed by atoms with Crippen LogP contribution in [0.4, 0.5) is 19.4 Å². The maximum Gasteiger partial charge on any atom is 0.310 e. The van der Waals surface area contributed by atoms with Crippen molar-refractivity contribution in [2.24, 2.45) is 0 Å². The summed E-state index contributed by atoms with van der Waals surface area (Å²) in [5.41, 5.74) is -0.0573. The highest BCUT2D eigenvalue weighted by molar-refractivity contribution is 8.45. The lowest BCUT2D eigenvalue weighted by Gasteiger charge is -2.40. The lowest BCUT2D eigenvalue weighted by molar-refractivity contribution is 0.363. The summed E-state index contributed by atoms with van der Waals surface area (Å²) in [4.78, 5) is -2.09. The Kier molecular flexibility index (Phi) is 2.50. The average Bonchev–Trinajstić information content (AvgIpc) is 2.13. The van der Waals surface area contributed by atoms with Gasteiger partial charge < -0.3 is 0 Å². The molecule has 0 N–H and O–H groups in total. The average molecular weight is 275 g/mol. The largest absolute Gasteiger partial charge is 0.310 e. The van der Waals surface area contributed by atoms with Crippen LogP contribution >= 0.6 is 22.0 Å². The van der Waals surface area contributed by atoms with E-state index >= 15 is 0 Å². The highest BCUT2D eigenvalue weighted by Gasteiger charge is 2.65. The molecule has 0 aliphatic carbocycles. The Bertz CT molecular complexity index is 473. The van der Waals surface area contributed by atoms with Crippen LogP contribution in [0.1, 0.15) is 5.56 Å². The van der Waals surface area contributed by atoms with Crippen molar-refractivity contribution < 1.29 is 19.4 Å². The van der Waals surface area contributed by atoms with Gasteiger partial charge in [0, 0.05) is 4.90 Å². The van der Waals surface area contributed by atoms with Gasteiger partial charge in [-0.25, -0.2) is 0 Å². The van der Waals surface area contributed by atoms with Crippen molar-refractivity contribution in [3.63, 3.8) is 0 Å². The van der Waals surface area contributed by atoms with Gasteiger partial charge in [-0.3, -0.25) is 0 Å². The third kappa shape index (κ3) is 2.80. The number of rotatable bonds is 2. The van der Waals surface area contributed by atoms with E-state index < -0.39 is 15.1 Å². The Balaban J connectivity index is 3.49. The predicted molar refractivity (Wildman–Crippen MR) is 54.3 cm³/mol. The molecule has 0 aliphatic heterocycles. The van der Waals surface area contributed by atoms with Gasteiger partial charge in [0.2, 0.25) is 0 Å². The van der Waals surface area contributed by atoms with Crippen molar-refractivity contribution in [2.75, 3.05) is 6.26 Å². The van der Waals surface area contributed by atoms with Gasteiger partial charge in [-0.15, -0.1) is 11.8 Å². The van der Waals surface area contributed by atoms with Crippen LogP contribution in [0.3, 0.4) is 0 Å². The zero-order valence-electron chi connectivity index (χ0n) is 7.89. The van der Waals surface area contributed by atoms with Gasteiger partial charge in [0.05, 0.1) is 5.56 Å². The topological polar surface area (TPSA) is 23.8 Å². The third-order valence-electron chi connectivity index (χ3n) is 1.74. The summed E-state index contributed by atoms with van der Waals surface area (Å²) in [6.07, 6.45) is 1.41. The molecule has 0 heterocycles. The molecule has 1 aromatic carbocycles. The minimum absolute atomic E-state index is 0.0573. The molecule has 1 aromatic rings. The molecule has 0 aromatic heterocycles. The van der Waals surface area contributed by atoms with Gasteiger partial charge in [-0.05, 0) is 24.5 Å². The minimum Gasteiger partial charge on any atom is -0.192 e. The normalized spacial score (nSPS) is 16.1. The van der Waals surface area contributed by atoms with E-state index in [4.69, 9.17) is 5.26 Å². The van der Waals surface area contributed by atoms with Gasteiger partial charge >= 0.3 is 10.2 Å². The zero-order valence-corrected chi connectivity index (χ0v) is 9.52. The quantitative estimate of drug-likeness (QED) is 0.564. The summed E-state index contributed by atoms with van der Waals surface area (Å²) in [5.74, 6) is 0. The van der Waals surface area contributed by atoms with Crippen LogP contribution in [-0.2, 0) is 0 Å². The van der Waals surface area contributed by atoms with Crippen molar-refractivity contribution in [1.82, 2.24) is 0 Å². The molecule has 90 valence electrons. The predicted octanol–water partition coefficient (Wildman–Crippen LogP) is 4.94. The summed E-state index contributed by atoms with van der Waals surface area (Å²) in [6.45, 7) is 0. The van der Waals surface area contributed by atoms with Crippen molar-refractivity contribution in [3.05, 3.63) is 23.8 Å². The molecular formula is C8H6F5NS2. The third-order valence-corrected chi connectivity index (χ3v) is 3.66. The number of hydrogen-bond donors (Lipinski definition) is 0. The van der Waals surface area contributed by atoms with E-state index in [9.17, 15) is 19.4 Å². The fourth-order valence-electron chi connectivity index (χ4n) is 1.00. The van der Waals surface area contributed by atoms with Crippen molar-refractivity contribution in [1.29, 1.82) is 5.26 Å². The molecule has 0 fully saturated rings. The first-order chi connectivity index (χ1) is 6.97. The molecule has 0 aliphatic rings. The zero-order chi connectivity index (χ0) is 12.7. The number of hydrogen-bond acceptors (Lipinski definition) is 2. The van der Waals surface area contributed by atoms with Gasteiger partial charge in [0.1, 0.15) is 11.0 Å². The molecule has 0 bridgehead atoms. The van der Waals surface area contributed by atoms with Crippen LogP contribution in [0.2, 0.25) is 0 Å². The molecule has 0 radical (unpaired) electrons. The van der Waals surface area contributed by atoms with Crippen molar-refractivity contribution in [2.45, 2.75) is 9.79 Å². The first-order valence-corrected chi connectivity index (χ1v) is 6.98. The first kappa shape index (κ1) is 13.1. The molecule has 0 unspecified atom stereocenters. The van der Waals surface area contributed by atoms with Gasteiger partial charge in [-0.1, -0.05) is 19.4 Å². The number of nitrogens with zero attached hydrogens (tertiary/aromatic N) is 1. The molecule has 0 saturated heterocycles. The summed E-state index contributed by atoms with van der Waals surface area (Å²) in [5, 5.41) is 8.55. The highest BCUT2D eigenvalue weighted by atomic mass is 32.5. The molecule has 0 amide bonds. The number of thioether (sulfide) groups is 1. The molecule has 0 saturated carbocycles. The van der Waals surface area contributed by atoms with Crippen molar-refractivity contribution >= 4 is 22.0 Å². The Hall–Kier alpha value is -0.940. The summed E-state index contributed by atoms with van der Waals surface area (Å²) >= 11 is 0.811. The van der Waals surface area contributed by atoms with E-state index in [0.29, 0.717) is 6.07 Å². The van der Waals surface area contributed by atoms with E-state index in [1.54, 1.807) is 6.07 Å². The highest BCUT2D eigenvalue weighted by Crippen LogP contribution is 3.02. The number of nitriles is 1. The molecule has 8 heteroatoms. The second-order valence-corrected chi connectivity index (χ2v) is 6.20. The van der Waals surface area contributed by atoms with Crippen LogP contribution in [-0.4, -0.2) is 6.26 Å². The Morgan fingerprint density at radius 2 is 1.75 bits per heavy atom. The second kappa shape index (κ2) is 3.05. The van der Waals surface area contributed by atoms with E-state index in [-0.39, 0.29) is 16.5 Å². The molecule has 0 atom stereocenters. The van der Waals surface area contributed by atoms with Gasteiger partial charge in [0.15, 0.2) is 0 Å². The molecule has 16 heavy (non-hydrogen) atoms. The summed E-state index contributed by atoms with van der Waals surface area (Å²) in [6, 6.07) is 2.93. The second-order valence-electron chi connectivity index (χ2n) is 2.94. The minimum atomic E-state index is -9.64. The summed E-state index contributed by atoms with van der Waals surface area (Å²) < 4.78 is 62.0. The van der Waals surface area contributed by atoms with E-state index in [1.807, 2.05) is 0 Å². The lowest BCUT2D eigenvalue weighted by atomic mass is 10.2. The molecular weight excluding hydrogens is 269 g/mol. The maximum absolute atomic E-state index is 12.4. The van der Waals surface area contributed by atoms with Gasteiger partial charge in [-0.2, -0.15) is 5.26 Å².